The number of nitrogens with one attached hydrogen (secondary N) is 2. The van der Waals surface area contributed by atoms with Crippen LogP contribution in [0.3, 0.4) is 0 Å². The first-order valence-electron chi connectivity index (χ1n) is 20.8. The maximum atomic E-state index is 14.2. The smallest absolute Gasteiger partial charge is 0.363 e. The van der Waals surface area contributed by atoms with Crippen molar-refractivity contribution < 1.29 is 32.5 Å². The van der Waals surface area contributed by atoms with Crippen LogP contribution in [0.5, 0.6) is 0 Å². The van der Waals surface area contributed by atoms with Crippen LogP contribution >= 0.6 is 19.6 Å². The summed E-state index contributed by atoms with van der Waals surface area (Å²) in [5.74, 6) is 0.0162. The number of carbonyl (C=O) groups is 2. The van der Waals surface area contributed by atoms with Crippen LogP contribution in [0, 0.1) is 5.41 Å². The fourth-order valence-electron chi connectivity index (χ4n) is 6.94. The second kappa shape index (κ2) is 23.2. The van der Waals surface area contributed by atoms with Gasteiger partial charge in [0.15, 0.2) is 0 Å². The molecule has 62 heavy (non-hydrogen) atoms. The van der Waals surface area contributed by atoms with Crippen LogP contribution < -0.4 is 10.6 Å². The Hall–Kier alpha value is -5.32. The van der Waals surface area contributed by atoms with Crippen molar-refractivity contribution in [3.63, 3.8) is 0 Å². The van der Waals surface area contributed by atoms with Gasteiger partial charge >= 0.3 is 7.82 Å². The molecule has 2 N–H and O–H groups in total. The molecule has 0 aromatic heterocycles. The topological polar surface area (TPSA) is 112 Å². The first kappa shape index (κ1) is 46.2. The summed E-state index contributed by atoms with van der Waals surface area (Å²) in [4.78, 5) is 27.2. The van der Waals surface area contributed by atoms with Crippen molar-refractivity contribution in [1.82, 2.24) is 10.6 Å². The number of carbonyl (C=O) groups excluding carboxylic acids is 2. The number of hydrogen-bond donors (Lipinski definition) is 2. The maximum Gasteiger partial charge on any atom is 0.475 e. The van der Waals surface area contributed by atoms with E-state index in [-0.39, 0.29) is 45.3 Å². The second-order valence-corrected chi connectivity index (χ2v) is 18.4. The van der Waals surface area contributed by atoms with Gasteiger partial charge in [0.05, 0.1) is 31.2 Å². The van der Waals surface area contributed by atoms with Gasteiger partial charge in [0.25, 0.3) is 0 Å². The second-order valence-electron chi connectivity index (χ2n) is 15.4. The van der Waals surface area contributed by atoms with E-state index in [9.17, 15) is 14.2 Å². The molecule has 0 aliphatic heterocycles. The van der Waals surface area contributed by atoms with E-state index in [1.807, 2.05) is 109 Å². The highest BCUT2D eigenvalue weighted by Crippen LogP contribution is 2.52. The Kier molecular flexibility index (Phi) is 17.3. The van der Waals surface area contributed by atoms with Crippen molar-refractivity contribution in [2.24, 2.45) is 5.41 Å². The minimum absolute atomic E-state index is 0.00351. The molecule has 11 heteroatoms. The van der Waals surface area contributed by atoms with Crippen LogP contribution in [0.15, 0.2) is 182 Å². The summed E-state index contributed by atoms with van der Waals surface area (Å²) >= 11 is 1.77. The van der Waals surface area contributed by atoms with Crippen LogP contribution in [-0.4, -0.2) is 43.4 Å². The van der Waals surface area contributed by atoms with E-state index in [1.165, 1.54) is 0 Å². The van der Waals surface area contributed by atoms with E-state index >= 15 is 0 Å². The first-order chi connectivity index (χ1) is 30.2. The average molecular weight is 871 g/mol. The van der Waals surface area contributed by atoms with Crippen molar-refractivity contribution in [3.8, 4) is 0 Å². The quantitative estimate of drug-likeness (QED) is 0.0351. The molecular weight excluding hydrogens is 816 g/mol. The molecule has 0 radical (unpaired) electrons. The Balaban J connectivity index is 1.07. The molecule has 0 unspecified atom stereocenters. The first-order valence-corrected chi connectivity index (χ1v) is 23.2. The summed E-state index contributed by atoms with van der Waals surface area (Å²) in [6.45, 7) is 4.04. The van der Waals surface area contributed by atoms with Gasteiger partial charge in [-0.2, -0.15) is 0 Å². The lowest BCUT2D eigenvalue weighted by molar-refractivity contribution is -0.145. The molecule has 0 saturated heterocycles. The molecule has 0 spiro atoms. The molecule has 0 aliphatic rings. The Morgan fingerprint density at radius 3 is 1.39 bits per heavy atom. The minimum atomic E-state index is -4.15. The van der Waals surface area contributed by atoms with Crippen LogP contribution in [0.1, 0.15) is 53.6 Å². The number of thioether (sulfide) groups is 1. The average Bonchev–Trinajstić information content (AvgIpc) is 3.32. The zero-order valence-electron chi connectivity index (χ0n) is 35.3. The molecule has 6 aromatic rings. The Bertz CT molecular complexity index is 2140. The molecule has 1 atom stereocenters. The lowest BCUT2D eigenvalue weighted by atomic mass is 9.84. The fourth-order valence-corrected chi connectivity index (χ4v) is 9.69. The van der Waals surface area contributed by atoms with E-state index in [2.05, 4.69) is 83.4 Å². The molecule has 0 heterocycles. The standard InChI is InChI=1S/C51H55N2O7PS/c1-50(2,40-60-61(56,58-38-42-23-11-4-12-24-42)59-39-43-25-13-5-14-26-43)48(57-37-41-21-9-3-10-22-41)49(55)53-34-33-47(54)52-35-36-62-51(44-27-15-6-16-28-44,45-29-17-7-18-30-45)46-31-19-8-20-32-46/h3-32,48H,33-40H2,1-2H3,(H,52,54)(H,53,55)/t48-/m0/s1. The minimum Gasteiger partial charge on any atom is -0.363 e. The van der Waals surface area contributed by atoms with Gasteiger partial charge in [-0.15, -0.1) is 11.8 Å². The highest BCUT2D eigenvalue weighted by atomic mass is 32.2. The van der Waals surface area contributed by atoms with Gasteiger partial charge < -0.3 is 15.4 Å². The van der Waals surface area contributed by atoms with Gasteiger partial charge in [-0.05, 0) is 33.4 Å². The SMILES string of the molecule is CC(C)(COP(=O)(OCc1ccccc1)OCc1ccccc1)[C@@H](OCc1ccccc1)C(=O)NCCC(=O)NCCSC(c1ccccc1)(c1ccccc1)c1ccccc1. The molecule has 0 fully saturated rings. The number of rotatable bonds is 24. The van der Waals surface area contributed by atoms with Crippen molar-refractivity contribution in [2.45, 2.75) is 50.9 Å². The highest BCUT2D eigenvalue weighted by molar-refractivity contribution is 8.00. The van der Waals surface area contributed by atoms with E-state index in [1.54, 1.807) is 25.6 Å². The van der Waals surface area contributed by atoms with E-state index in [4.69, 9.17) is 18.3 Å². The number of ether oxygens (including phenoxy) is 1. The molecule has 6 aromatic carbocycles. The fraction of sp³-hybridized carbons (Fsp3) is 0.255. The van der Waals surface area contributed by atoms with Crippen molar-refractivity contribution in [2.75, 3.05) is 25.4 Å². The normalized spacial score (nSPS) is 12.4. The van der Waals surface area contributed by atoms with Gasteiger partial charge in [0, 0.05) is 30.7 Å². The van der Waals surface area contributed by atoms with Gasteiger partial charge in [-0.25, -0.2) is 4.57 Å². The summed E-state index contributed by atoms with van der Waals surface area (Å²) in [5.41, 5.74) is 4.89. The van der Waals surface area contributed by atoms with Crippen molar-refractivity contribution >= 4 is 31.4 Å². The third-order valence-corrected chi connectivity index (χ3v) is 13.1. The number of phosphoric acid groups is 1. The number of benzene rings is 6. The maximum absolute atomic E-state index is 14.2. The predicted molar refractivity (Wildman–Crippen MR) is 247 cm³/mol. The number of hydrogen-bond acceptors (Lipinski definition) is 8. The summed E-state index contributed by atoms with van der Waals surface area (Å²) in [6.07, 6.45) is -0.989. The van der Waals surface area contributed by atoms with E-state index in [0.717, 1.165) is 33.4 Å². The van der Waals surface area contributed by atoms with Gasteiger partial charge in [-0.3, -0.25) is 23.2 Å². The lowest BCUT2D eigenvalue weighted by Gasteiger charge is -2.35. The Morgan fingerprint density at radius 2 is 0.952 bits per heavy atom. The van der Waals surface area contributed by atoms with Crippen molar-refractivity contribution in [1.29, 1.82) is 0 Å². The summed E-state index contributed by atoms with van der Waals surface area (Å²) in [7, 11) is -4.15. The van der Waals surface area contributed by atoms with Crippen LogP contribution in [0.25, 0.3) is 0 Å². The molecule has 322 valence electrons. The largest absolute Gasteiger partial charge is 0.475 e. The molecule has 6 rings (SSSR count). The third-order valence-electron chi connectivity index (χ3n) is 10.2. The third kappa shape index (κ3) is 13.3. The summed E-state index contributed by atoms with van der Waals surface area (Å²) in [6, 6.07) is 59.5. The van der Waals surface area contributed by atoms with Gasteiger partial charge in [-0.1, -0.05) is 196 Å². The molecule has 2 amide bonds. The van der Waals surface area contributed by atoms with Crippen molar-refractivity contribution in [3.05, 3.63) is 215 Å². The molecular formula is C51H55N2O7PS. The molecule has 0 aliphatic carbocycles. The Morgan fingerprint density at radius 1 is 0.548 bits per heavy atom. The van der Waals surface area contributed by atoms with Crippen LogP contribution in [0.4, 0.5) is 0 Å². The Labute approximate surface area is 370 Å². The molecule has 0 saturated carbocycles. The zero-order valence-corrected chi connectivity index (χ0v) is 37.0. The van der Waals surface area contributed by atoms with Crippen LogP contribution in [0.2, 0.25) is 0 Å². The number of amides is 2. The lowest BCUT2D eigenvalue weighted by Crippen LogP contribution is -2.48. The monoisotopic (exact) mass is 870 g/mol. The summed E-state index contributed by atoms with van der Waals surface area (Å²) < 4.78 is 37.6. The summed E-state index contributed by atoms with van der Waals surface area (Å²) in [5, 5.41) is 5.96. The number of phosphoric ester groups is 1. The van der Waals surface area contributed by atoms with E-state index < -0.39 is 30.0 Å². The van der Waals surface area contributed by atoms with E-state index in [0.29, 0.717) is 12.3 Å². The zero-order chi connectivity index (χ0) is 43.5. The molecule has 9 nitrogen and oxygen atoms in total. The van der Waals surface area contributed by atoms with Gasteiger partial charge in [0.1, 0.15) is 6.10 Å². The van der Waals surface area contributed by atoms with Gasteiger partial charge in [0.2, 0.25) is 11.8 Å². The predicted octanol–water partition coefficient (Wildman–Crippen LogP) is 10.5. The van der Waals surface area contributed by atoms with Crippen LogP contribution in [-0.2, 0) is 57.0 Å². The molecule has 0 bridgehead atoms. The highest BCUT2D eigenvalue weighted by Gasteiger charge is 2.40.